The lowest BCUT2D eigenvalue weighted by Gasteiger charge is -2.36. The molecule has 0 aliphatic carbocycles. The number of hydrogen-bond acceptors (Lipinski definition) is 2. The van der Waals surface area contributed by atoms with Crippen molar-refractivity contribution in [1.29, 1.82) is 0 Å². The van der Waals surface area contributed by atoms with Gasteiger partial charge in [0.25, 0.3) is 5.91 Å². The minimum Gasteiger partial charge on any atom is -0.335 e. The average Bonchev–Trinajstić information content (AvgIpc) is 2.82. The summed E-state index contributed by atoms with van der Waals surface area (Å²) in [6.07, 6.45) is 0. The summed E-state index contributed by atoms with van der Waals surface area (Å²) < 4.78 is 0. The lowest BCUT2D eigenvalue weighted by molar-refractivity contribution is 0.0616. The summed E-state index contributed by atoms with van der Waals surface area (Å²) in [7, 11) is 0. The third-order valence-electron chi connectivity index (χ3n) is 4.68. The highest BCUT2D eigenvalue weighted by atomic mass is 16.2. The maximum Gasteiger partial charge on any atom is 0.320 e. The number of aryl methyl sites for hydroxylation is 1. The van der Waals surface area contributed by atoms with E-state index in [4.69, 9.17) is 0 Å². The number of carbonyl (C=O) groups excluding carboxylic acids is 2. The Bertz CT molecular complexity index is 614. The third kappa shape index (κ3) is 3.05. The minimum atomic E-state index is 0.0810. The number of hydrogen-bond donors (Lipinski definition) is 0. The first kappa shape index (κ1) is 15.8. The van der Waals surface area contributed by atoms with Crippen molar-refractivity contribution in [3.63, 3.8) is 0 Å². The van der Waals surface area contributed by atoms with E-state index in [1.807, 2.05) is 45.9 Å². The Morgan fingerprint density at radius 1 is 1.22 bits per heavy atom. The number of urea groups is 1. The van der Waals surface area contributed by atoms with Crippen LogP contribution in [0.4, 0.5) is 4.79 Å². The molecule has 2 heterocycles. The molecule has 0 spiro atoms. The number of fused-ring (bicyclic) bond motifs is 1. The molecule has 2 aliphatic rings. The fourth-order valence-corrected chi connectivity index (χ4v) is 3.54. The summed E-state index contributed by atoms with van der Waals surface area (Å²) in [5, 5.41) is 0. The van der Waals surface area contributed by atoms with E-state index < -0.39 is 0 Å². The van der Waals surface area contributed by atoms with Gasteiger partial charge in [0.05, 0.1) is 6.04 Å². The van der Waals surface area contributed by atoms with Crippen molar-refractivity contribution in [2.24, 2.45) is 5.92 Å². The summed E-state index contributed by atoms with van der Waals surface area (Å²) in [4.78, 5) is 30.9. The van der Waals surface area contributed by atoms with Gasteiger partial charge in [-0.15, -0.1) is 0 Å². The van der Waals surface area contributed by atoms with Crippen LogP contribution in [0.25, 0.3) is 0 Å². The molecule has 3 rings (SSSR count). The number of carbonyl (C=O) groups is 2. The van der Waals surface area contributed by atoms with Gasteiger partial charge in [0.15, 0.2) is 0 Å². The second-order valence-corrected chi connectivity index (χ2v) is 6.99. The van der Waals surface area contributed by atoms with Gasteiger partial charge in [0, 0.05) is 38.3 Å². The normalized spacial score (nSPS) is 21.1. The molecular weight excluding hydrogens is 290 g/mol. The summed E-state index contributed by atoms with van der Waals surface area (Å²) in [6, 6.07) is 7.96. The maximum absolute atomic E-state index is 12.8. The maximum atomic E-state index is 12.8. The predicted octanol–water partition coefficient (Wildman–Crippen LogP) is 2.21. The number of rotatable bonds is 3. The van der Waals surface area contributed by atoms with Crippen LogP contribution >= 0.6 is 0 Å². The Morgan fingerprint density at radius 2 is 1.96 bits per heavy atom. The van der Waals surface area contributed by atoms with E-state index in [2.05, 4.69) is 13.8 Å². The van der Waals surface area contributed by atoms with Gasteiger partial charge in [-0.1, -0.05) is 32.0 Å². The fourth-order valence-electron chi connectivity index (χ4n) is 3.54. The SMILES string of the molecule is Cc1ccccc1C(=O)N1CCN2C(=O)N(CC(C)C)CC2C1. The smallest absolute Gasteiger partial charge is 0.320 e. The topological polar surface area (TPSA) is 43.9 Å². The highest BCUT2D eigenvalue weighted by Gasteiger charge is 2.41. The molecule has 0 aromatic heterocycles. The molecule has 124 valence electrons. The molecule has 5 heteroatoms. The minimum absolute atomic E-state index is 0.0810. The van der Waals surface area contributed by atoms with Crippen LogP contribution < -0.4 is 0 Å². The summed E-state index contributed by atoms with van der Waals surface area (Å²) in [6.45, 7) is 9.62. The van der Waals surface area contributed by atoms with E-state index in [0.29, 0.717) is 25.6 Å². The van der Waals surface area contributed by atoms with Crippen molar-refractivity contribution in [2.45, 2.75) is 26.8 Å². The van der Waals surface area contributed by atoms with E-state index in [1.54, 1.807) is 0 Å². The van der Waals surface area contributed by atoms with Gasteiger partial charge in [0.1, 0.15) is 0 Å². The largest absolute Gasteiger partial charge is 0.335 e. The van der Waals surface area contributed by atoms with E-state index >= 15 is 0 Å². The Kier molecular flexibility index (Phi) is 4.28. The van der Waals surface area contributed by atoms with Crippen LogP contribution in [0.1, 0.15) is 29.8 Å². The Balaban J connectivity index is 1.70. The van der Waals surface area contributed by atoms with Crippen molar-refractivity contribution < 1.29 is 9.59 Å². The van der Waals surface area contributed by atoms with E-state index in [0.717, 1.165) is 24.2 Å². The first-order valence-corrected chi connectivity index (χ1v) is 8.38. The summed E-state index contributed by atoms with van der Waals surface area (Å²) in [5.41, 5.74) is 1.77. The molecule has 23 heavy (non-hydrogen) atoms. The van der Waals surface area contributed by atoms with Crippen LogP contribution in [0.2, 0.25) is 0 Å². The third-order valence-corrected chi connectivity index (χ3v) is 4.68. The van der Waals surface area contributed by atoms with Crippen molar-refractivity contribution in [1.82, 2.24) is 14.7 Å². The summed E-state index contributed by atoms with van der Waals surface area (Å²) >= 11 is 0. The first-order chi connectivity index (χ1) is 11.0. The number of piperazine rings is 1. The molecule has 0 N–H and O–H groups in total. The number of benzene rings is 1. The van der Waals surface area contributed by atoms with Crippen molar-refractivity contribution in [3.8, 4) is 0 Å². The van der Waals surface area contributed by atoms with Gasteiger partial charge in [-0.3, -0.25) is 4.79 Å². The molecule has 0 radical (unpaired) electrons. The highest BCUT2D eigenvalue weighted by molar-refractivity contribution is 5.95. The second kappa shape index (κ2) is 6.22. The van der Waals surface area contributed by atoms with Gasteiger partial charge >= 0.3 is 6.03 Å². The van der Waals surface area contributed by atoms with Crippen LogP contribution in [-0.4, -0.2) is 65.4 Å². The molecule has 5 nitrogen and oxygen atoms in total. The molecule has 1 unspecified atom stereocenters. The van der Waals surface area contributed by atoms with Crippen LogP contribution in [0.5, 0.6) is 0 Å². The Morgan fingerprint density at radius 3 is 2.65 bits per heavy atom. The lowest BCUT2D eigenvalue weighted by Crippen LogP contribution is -2.53. The molecule has 2 aliphatic heterocycles. The van der Waals surface area contributed by atoms with E-state index in [-0.39, 0.29) is 18.0 Å². The quantitative estimate of drug-likeness (QED) is 0.858. The van der Waals surface area contributed by atoms with Crippen LogP contribution in [0.3, 0.4) is 0 Å². The van der Waals surface area contributed by atoms with Gasteiger partial charge in [0.2, 0.25) is 0 Å². The number of amides is 3. The molecule has 0 saturated carbocycles. The molecular formula is C18H25N3O2. The van der Waals surface area contributed by atoms with Crippen molar-refractivity contribution >= 4 is 11.9 Å². The molecule has 1 aromatic rings. The lowest BCUT2D eigenvalue weighted by atomic mass is 10.1. The van der Waals surface area contributed by atoms with Gasteiger partial charge in [-0.25, -0.2) is 4.79 Å². The molecule has 1 atom stereocenters. The van der Waals surface area contributed by atoms with Crippen molar-refractivity contribution in [3.05, 3.63) is 35.4 Å². The standard InChI is InChI=1S/C18H25N3O2/c1-13(2)10-20-12-15-11-19(8-9-21(15)18(20)23)17(22)16-7-5-4-6-14(16)3/h4-7,13,15H,8-12H2,1-3H3. The van der Waals surface area contributed by atoms with Gasteiger partial charge in [-0.2, -0.15) is 0 Å². The molecule has 3 amide bonds. The van der Waals surface area contributed by atoms with Crippen LogP contribution in [0.15, 0.2) is 24.3 Å². The molecule has 2 fully saturated rings. The Hall–Kier alpha value is -2.04. The predicted molar refractivity (Wildman–Crippen MR) is 89.4 cm³/mol. The van der Waals surface area contributed by atoms with Crippen LogP contribution in [-0.2, 0) is 0 Å². The van der Waals surface area contributed by atoms with Gasteiger partial charge < -0.3 is 14.7 Å². The fraction of sp³-hybridized carbons (Fsp3) is 0.556. The zero-order chi connectivity index (χ0) is 16.6. The monoisotopic (exact) mass is 315 g/mol. The Labute approximate surface area is 137 Å². The zero-order valence-electron chi connectivity index (χ0n) is 14.2. The first-order valence-electron chi connectivity index (χ1n) is 8.38. The molecule has 2 saturated heterocycles. The highest BCUT2D eigenvalue weighted by Crippen LogP contribution is 2.23. The zero-order valence-corrected chi connectivity index (χ0v) is 14.2. The van der Waals surface area contributed by atoms with Crippen LogP contribution in [0, 0.1) is 12.8 Å². The van der Waals surface area contributed by atoms with Crippen molar-refractivity contribution in [2.75, 3.05) is 32.7 Å². The summed E-state index contributed by atoms with van der Waals surface area (Å²) in [5.74, 6) is 0.544. The molecule has 1 aromatic carbocycles. The van der Waals surface area contributed by atoms with E-state index in [1.165, 1.54) is 0 Å². The molecule has 0 bridgehead atoms. The number of nitrogens with zero attached hydrogens (tertiary/aromatic N) is 3. The second-order valence-electron chi connectivity index (χ2n) is 6.99. The van der Waals surface area contributed by atoms with Gasteiger partial charge in [-0.05, 0) is 24.5 Å². The average molecular weight is 315 g/mol. The van der Waals surface area contributed by atoms with E-state index in [9.17, 15) is 9.59 Å².